The Hall–Kier alpha value is -0.120. The topological polar surface area (TPSA) is 32.7 Å². The van der Waals surface area contributed by atoms with Crippen molar-refractivity contribution in [3.8, 4) is 0 Å². The van der Waals surface area contributed by atoms with Gasteiger partial charge in [-0.15, -0.1) is 0 Å². The van der Waals surface area contributed by atoms with Gasteiger partial charge in [0.1, 0.15) is 0 Å². The number of likely N-dealkylation sites (tertiary alicyclic amines) is 1. The first-order valence-corrected chi connectivity index (χ1v) is 4.84. The Morgan fingerprint density at radius 3 is 2.58 bits per heavy atom. The highest BCUT2D eigenvalue weighted by molar-refractivity contribution is 4.64. The Morgan fingerprint density at radius 2 is 1.92 bits per heavy atom. The van der Waals surface area contributed by atoms with Crippen molar-refractivity contribution in [2.45, 2.75) is 19.3 Å². The fraction of sp³-hybridized carbons (Fsp3) is 1.00. The van der Waals surface area contributed by atoms with Crippen LogP contribution in [0.2, 0.25) is 0 Å². The number of ether oxygens (including phenoxy) is 1. The first-order valence-electron chi connectivity index (χ1n) is 4.84. The van der Waals surface area contributed by atoms with E-state index in [1.54, 1.807) is 0 Å². The lowest BCUT2D eigenvalue weighted by atomic mass is 10.4. The van der Waals surface area contributed by atoms with E-state index in [0.29, 0.717) is 6.61 Å². The van der Waals surface area contributed by atoms with Crippen LogP contribution in [0.25, 0.3) is 0 Å². The van der Waals surface area contributed by atoms with Crippen LogP contribution in [0.5, 0.6) is 0 Å². The molecule has 0 aromatic rings. The van der Waals surface area contributed by atoms with Crippen molar-refractivity contribution in [3.63, 3.8) is 0 Å². The highest BCUT2D eigenvalue weighted by atomic mass is 16.5. The van der Waals surface area contributed by atoms with E-state index < -0.39 is 0 Å². The van der Waals surface area contributed by atoms with Crippen molar-refractivity contribution >= 4 is 0 Å². The van der Waals surface area contributed by atoms with E-state index in [4.69, 9.17) is 9.84 Å². The lowest BCUT2D eigenvalue weighted by Gasteiger charge is -2.13. The van der Waals surface area contributed by atoms with Gasteiger partial charge in [0.2, 0.25) is 0 Å². The Balaban J connectivity index is 1.81. The van der Waals surface area contributed by atoms with Gasteiger partial charge in [0.05, 0.1) is 6.61 Å². The zero-order valence-corrected chi connectivity index (χ0v) is 7.67. The molecule has 1 aliphatic rings. The van der Waals surface area contributed by atoms with E-state index >= 15 is 0 Å². The Kier molecular flexibility index (Phi) is 5.32. The van der Waals surface area contributed by atoms with E-state index in [1.165, 1.54) is 25.9 Å². The maximum atomic E-state index is 8.49. The molecular formula is C9H19NO2. The van der Waals surface area contributed by atoms with Crippen LogP contribution in [0, 0.1) is 0 Å². The van der Waals surface area contributed by atoms with Gasteiger partial charge in [0.25, 0.3) is 0 Å². The van der Waals surface area contributed by atoms with E-state index in [2.05, 4.69) is 4.90 Å². The molecule has 3 nitrogen and oxygen atoms in total. The summed E-state index contributed by atoms with van der Waals surface area (Å²) in [5.74, 6) is 0. The van der Waals surface area contributed by atoms with Crippen molar-refractivity contribution in [3.05, 3.63) is 0 Å². The van der Waals surface area contributed by atoms with Crippen LogP contribution in [0.1, 0.15) is 19.3 Å². The lowest BCUT2D eigenvalue weighted by molar-refractivity contribution is 0.0976. The standard InChI is InChI=1S/C9H19NO2/c11-7-3-8-12-9-6-10-4-1-2-5-10/h11H,1-9H2. The van der Waals surface area contributed by atoms with Gasteiger partial charge in [-0.25, -0.2) is 0 Å². The second-order valence-electron chi connectivity index (χ2n) is 3.24. The minimum atomic E-state index is 0.240. The molecule has 0 aliphatic carbocycles. The Morgan fingerprint density at radius 1 is 1.17 bits per heavy atom. The van der Waals surface area contributed by atoms with E-state index in [0.717, 1.165) is 19.6 Å². The zero-order chi connectivity index (χ0) is 8.65. The summed E-state index contributed by atoms with van der Waals surface area (Å²) in [5.41, 5.74) is 0. The number of rotatable bonds is 6. The van der Waals surface area contributed by atoms with Crippen molar-refractivity contribution in [2.75, 3.05) is 39.5 Å². The molecule has 0 aromatic carbocycles. The summed E-state index contributed by atoms with van der Waals surface area (Å²) < 4.78 is 5.33. The number of nitrogens with zero attached hydrogens (tertiary/aromatic N) is 1. The summed E-state index contributed by atoms with van der Waals surface area (Å²) in [6.45, 7) is 5.30. The largest absolute Gasteiger partial charge is 0.396 e. The second kappa shape index (κ2) is 6.40. The molecule has 12 heavy (non-hydrogen) atoms. The highest BCUT2D eigenvalue weighted by Crippen LogP contribution is 2.05. The zero-order valence-electron chi connectivity index (χ0n) is 7.67. The van der Waals surface area contributed by atoms with Crippen LogP contribution in [-0.4, -0.2) is 49.5 Å². The molecule has 1 N–H and O–H groups in total. The van der Waals surface area contributed by atoms with Gasteiger partial charge in [-0.3, -0.25) is 0 Å². The number of aliphatic hydroxyl groups is 1. The first-order chi connectivity index (χ1) is 5.93. The van der Waals surface area contributed by atoms with Gasteiger partial charge in [0, 0.05) is 19.8 Å². The molecule has 0 radical (unpaired) electrons. The van der Waals surface area contributed by atoms with Crippen molar-refractivity contribution in [1.82, 2.24) is 4.90 Å². The third-order valence-corrected chi connectivity index (χ3v) is 2.20. The van der Waals surface area contributed by atoms with Gasteiger partial charge in [-0.05, 0) is 32.4 Å². The highest BCUT2D eigenvalue weighted by Gasteiger charge is 2.09. The third kappa shape index (κ3) is 4.04. The first kappa shape index (κ1) is 9.96. The summed E-state index contributed by atoms with van der Waals surface area (Å²) in [7, 11) is 0. The molecule has 1 fully saturated rings. The maximum Gasteiger partial charge on any atom is 0.0593 e. The molecule has 1 heterocycles. The molecule has 1 aliphatic heterocycles. The SMILES string of the molecule is OCCCOCCN1CCCC1. The molecule has 0 saturated carbocycles. The molecule has 1 rings (SSSR count). The molecule has 72 valence electrons. The molecule has 0 amide bonds. The summed E-state index contributed by atoms with van der Waals surface area (Å²) in [5, 5.41) is 8.49. The minimum absolute atomic E-state index is 0.240. The summed E-state index contributed by atoms with van der Waals surface area (Å²) in [6, 6.07) is 0. The summed E-state index contributed by atoms with van der Waals surface area (Å²) in [6.07, 6.45) is 3.45. The molecule has 0 unspecified atom stereocenters. The molecule has 0 spiro atoms. The van der Waals surface area contributed by atoms with Crippen LogP contribution >= 0.6 is 0 Å². The minimum Gasteiger partial charge on any atom is -0.396 e. The summed E-state index contributed by atoms with van der Waals surface area (Å²) >= 11 is 0. The van der Waals surface area contributed by atoms with E-state index in [9.17, 15) is 0 Å². The van der Waals surface area contributed by atoms with Crippen LogP contribution in [0.4, 0.5) is 0 Å². The monoisotopic (exact) mass is 173 g/mol. The van der Waals surface area contributed by atoms with Gasteiger partial charge in [-0.1, -0.05) is 0 Å². The number of hydrogen-bond acceptors (Lipinski definition) is 3. The quantitative estimate of drug-likeness (QED) is 0.593. The summed E-state index contributed by atoms with van der Waals surface area (Å²) in [4.78, 5) is 2.43. The van der Waals surface area contributed by atoms with E-state index in [-0.39, 0.29) is 6.61 Å². The normalized spacial score (nSPS) is 18.8. The average molecular weight is 173 g/mol. The van der Waals surface area contributed by atoms with Crippen LogP contribution in [0.15, 0.2) is 0 Å². The lowest BCUT2D eigenvalue weighted by Crippen LogP contribution is -2.24. The van der Waals surface area contributed by atoms with E-state index in [1.807, 2.05) is 0 Å². The maximum absolute atomic E-state index is 8.49. The van der Waals surface area contributed by atoms with Crippen molar-refractivity contribution in [1.29, 1.82) is 0 Å². The van der Waals surface area contributed by atoms with Crippen molar-refractivity contribution < 1.29 is 9.84 Å². The number of hydrogen-bond donors (Lipinski definition) is 1. The predicted molar refractivity (Wildman–Crippen MR) is 48.2 cm³/mol. The Labute approximate surface area is 74.3 Å². The van der Waals surface area contributed by atoms with Gasteiger partial charge >= 0.3 is 0 Å². The predicted octanol–water partition coefficient (Wildman–Crippen LogP) is 0.481. The van der Waals surface area contributed by atoms with Crippen molar-refractivity contribution in [2.24, 2.45) is 0 Å². The van der Waals surface area contributed by atoms with Gasteiger partial charge in [0.15, 0.2) is 0 Å². The van der Waals surface area contributed by atoms with Gasteiger partial charge in [-0.2, -0.15) is 0 Å². The number of aliphatic hydroxyl groups excluding tert-OH is 1. The molecule has 0 bridgehead atoms. The van der Waals surface area contributed by atoms with Gasteiger partial charge < -0.3 is 14.7 Å². The van der Waals surface area contributed by atoms with Crippen LogP contribution in [-0.2, 0) is 4.74 Å². The fourth-order valence-electron chi connectivity index (χ4n) is 1.47. The molecule has 0 atom stereocenters. The Bertz CT molecular complexity index is 103. The van der Waals surface area contributed by atoms with Crippen LogP contribution in [0.3, 0.4) is 0 Å². The molecule has 1 saturated heterocycles. The van der Waals surface area contributed by atoms with Crippen LogP contribution < -0.4 is 0 Å². The molecule has 3 heteroatoms. The smallest absolute Gasteiger partial charge is 0.0593 e. The fourth-order valence-corrected chi connectivity index (χ4v) is 1.47. The molecular weight excluding hydrogens is 154 g/mol. The average Bonchev–Trinajstić information content (AvgIpc) is 2.57. The molecule has 0 aromatic heterocycles. The second-order valence-corrected chi connectivity index (χ2v) is 3.24. The third-order valence-electron chi connectivity index (χ3n) is 2.20.